The quantitative estimate of drug-likeness (QED) is 0.766. The Kier molecular flexibility index (Phi) is 6.19. The molecule has 0 aromatic heterocycles. The summed E-state index contributed by atoms with van der Waals surface area (Å²) in [7, 11) is 0. The molecule has 1 heterocycles. The molecular formula is C22H27N3O3. The largest absolute Gasteiger partial charge is 0.482 e. The zero-order chi connectivity index (χ0) is 20.1. The predicted octanol–water partition coefficient (Wildman–Crippen LogP) is 3.74. The van der Waals surface area contributed by atoms with Crippen molar-refractivity contribution in [1.29, 1.82) is 0 Å². The summed E-state index contributed by atoms with van der Waals surface area (Å²) in [4.78, 5) is 26.1. The van der Waals surface area contributed by atoms with Gasteiger partial charge < -0.3 is 20.3 Å². The molecule has 28 heavy (non-hydrogen) atoms. The molecule has 148 valence electrons. The van der Waals surface area contributed by atoms with Crippen LogP contribution in [0.1, 0.15) is 31.4 Å². The molecule has 0 radical (unpaired) electrons. The first-order chi connectivity index (χ1) is 13.5. The van der Waals surface area contributed by atoms with Crippen LogP contribution in [0.25, 0.3) is 0 Å². The number of anilines is 3. The van der Waals surface area contributed by atoms with Gasteiger partial charge in [0.05, 0.1) is 5.69 Å². The van der Waals surface area contributed by atoms with Crippen molar-refractivity contribution in [1.82, 2.24) is 0 Å². The van der Waals surface area contributed by atoms with E-state index in [4.69, 9.17) is 4.74 Å². The van der Waals surface area contributed by atoms with Gasteiger partial charge in [0.15, 0.2) is 6.61 Å². The Hall–Kier alpha value is -3.02. The topological polar surface area (TPSA) is 70.7 Å². The van der Waals surface area contributed by atoms with Crippen molar-refractivity contribution in [3.8, 4) is 5.75 Å². The number of nitrogens with zero attached hydrogens (tertiary/aromatic N) is 1. The smallest absolute Gasteiger partial charge is 0.262 e. The number of rotatable bonds is 7. The minimum Gasteiger partial charge on any atom is -0.482 e. The molecular weight excluding hydrogens is 354 g/mol. The summed E-state index contributed by atoms with van der Waals surface area (Å²) in [5.74, 6) is 0.472. The summed E-state index contributed by atoms with van der Waals surface area (Å²) in [6.07, 6.45) is 0.955. The molecule has 0 bridgehead atoms. The minimum absolute atomic E-state index is 0.0308. The van der Waals surface area contributed by atoms with Crippen LogP contribution < -0.4 is 20.3 Å². The van der Waals surface area contributed by atoms with Gasteiger partial charge in [0, 0.05) is 30.9 Å². The van der Waals surface area contributed by atoms with Crippen molar-refractivity contribution in [2.24, 2.45) is 0 Å². The van der Waals surface area contributed by atoms with Crippen LogP contribution >= 0.6 is 0 Å². The fourth-order valence-corrected chi connectivity index (χ4v) is 3.33. The van der Waals surface area contributed by atoms with Gasteiger partial charge in [0.25, 0.3) is 5.91 Å². The maximum absolute atomic E-state index is 12.4. The molecule has 0 saturated carbocycles. The first-order valence-electron chi connectivity index (χ1n) is 9.71. The van der Waals surface area contributed by atoms with E-state index in [1.54, 1.807) is 0 Å². The molecule has 1 aliphatic heterocycles. The van der Waals surface area contributed by atoms with Crippen LogP contribution in [0, 0.1) is 6.92 Å². The van der Waals surface area contributed by atoms with Crippen LogP contribution in [0.4, 0.5) is 17.1 Å². The van der Waals surface area contributed by atoms with Gasteiger partial charge >= 0.3 is 0 Å². The number of aryl methyl sites for hydroxylation is 2. The van der Waals surface area contributed by atoms with E-state index in [1.165, 1.54) is 5.69 Å². The predicted molar refractivity (Wildman–Crippen MR) is 112 cm³/mol. The van der Waals surface area contributed by atoms with Crippen LogP contribution in [0.3, 0.4) is 0 Å². The fourth-order valence-electron chi connectivity index (χ4n) is 3.33. The standard InChI is InChI=1S/C22H27N3O3/c1-4-25(5-2)17-8-9-18(15(3)12-17)23-21(26)11-7-16-6-10-20-19(13-16)24-22(27)14-28-20/h6,8-10,12-13H,4-5,7,11,14H2,1-3H3,(H,23,26)(H,24,27). The number of carbonyl (C=O) groups is 2. The third kappa shape index (κ3) is 4.63. The fraction of sp³-hybridized carbons (Fsp3) is 0.364. The molecule has 2 amide bonds. The second-order valence-electron chi connectivity index (χ2n) is 6.89. The van der Waals surface area contributed by atoms with Crippen LogP contribution in [0.2, 0.25) is 0 Å². The van der Waals surface area contributed by atoms with Crippen molar-refractivity contribution in [2.75, 3.05) is 35.2 Å². The lowest BCUT2D eigenvalue weighted by atomic mass is 10.1. The molecule has 6 heteroatoms. The maximum Gasteiger partial charge on any atom is 0.262 e. The lowest BCUT2D eigenvalue weighted by molar-refractivity contribution is -0.118. The van der Waals surface area contributed by atoms with E-state index in [2.05, 4.69) is 35.4 Å². The van der Waals surface area contributed by atoms with Crippen molar-refractivity contribution < 1.29 is 14.3 Å². The van der Waals surface area contributed by atoms with Gasteiger partial charge in [-0.15, -0.1) is 0 Å². The van der Waals surface area contributed by atoms with Crippen LogP contribution in [-0.4, -0.2) is 31.5 Å². The zero-order valence-corrected chi connectivity index (χ0v) is 16.7. The highest BCUT2D eigenvalue weighted by atomic mass is 16.5. The monoisotopic (exact) mass is 381 g/mol. The second-order valence-corrected chi connectivity index (χ2v) is 6.89. The van der Waals surface area contributed by atoms with E-state index in [-0.39, 0.29) is 18.4 Å². The Morgan fingerprint density at radius 1 is 1.18 bits per heavy atom. The van der Waals surface area contributed by atoms with E-state index in [1.807, 2.05) is 37.3 Å². The summed E-state index contributed by atoms with van der Waals surface area (Å²) in [5.41, 5.74) is 4.70. The number of nitrogens with one attached hydrogen (secondary N) is 2. The second kappa shape index (κ2) is 8.78. The highest BCUT2D eigenvalue weighted by molar-refractivity contribution is 5.95. The molecule has 0 unspecified atom stereocenters. The maximum atomic E-state index is 12.4. The van der Waals surface area contributed by atoms with E-state index >= 15 is 0 Å². The number of hydrogen-bond acceptors (Lipinski definition) is 4. The summed E-state index contributed by atoms with van der Waals surface area (Å²) >= 11 is 0. The van der Waals surface area contributed by atoms with Gasteiger partial charge in [-0.3, -0.25) is 9.59 Å². The lowest BCUT2D eigenvalue weighted by Gasteiger charge is -2.22. The van der Waals surface area contributed by atoms with E-state index < -0.39 is 0 Å². The number of fused-ring (bicyclic) bond motifs is 1. The van der Waals surface area contributed by atoms with E-state index in [9.17, 15) is 9.59 Å². The van der Waals surface area contributed by atoms with Gasteiger partial charge in [-0.1, -0.05) is 6.07 Å². The number of ether oxygens (including phenoxy) is 1. The average molecular weight is 381 g/mol. The molecule has 0 atom stereocenters. The van der Waals surface area contributed by atoms with Crippen molar-refractivity contribution in [3.63, 3.8) is 0 Å². The van der Waals surface area contributed by atoms with Gasteiger partial charge in [0.2, 0.25) is 5.91 Å². The van der Waals surface area contributed by atoms with Crippen molar-refractivity contribution in [3.05, 3.63) is 47.5 Å². The normalized spacial score (nSPS) is 12.6. The third-order valence-corrected chi connectivity index (χ3v) is 4.93. The van der Waals surface area contributed by atoms with Crippen LogP contribution in [-0.2, 0) is 16.0 Å². The van der Waals surface area contributed by atoms with Gasteiger partial charge in [-0.25, -0.2) is 0 Å². The molecule has 0 spiro atoms. The Morgan fingerprint density at radius 3 is 2.68 bits per heavy atom. The van der Waals surface area contributed by atoms with E-state index in [0.29, 0.717) is 24.3 Å². The van der Waals surface area contributed by atoms with E-state index in [0.717, 1.165) is 29.9 Å². The minimum atomic E-state index is -0.161. The molecule has 0 fully saturated rings. The summed E-state index contributed by atoms with van der Waals surface area (Å²) in [6.45, 7) is 8.22. The Morgan fingerprint density at radius 2 is 1.96 bits per heavy atom. The van der Waals surface area contributed by atoms with Crippen molar-refractivity contribution in [2.45, 2.75) is 33.6 Å². The SMILES string of the molecule is CCN(CC)c1ccc(NC(=O)CCc2ccc3c(c2)NC(=O)CO3)c(C)c1. The highest BCUT2D eigenvalue weighted by Crippen LogP contribution is 2.29. The number of amides is 2. The number of hydrogen-bond donors (Lipinski definition) is 2. The summed E-state index contributed by atoms with van der Waals surface area (Å²) in [5, 5.41) is 5.79. The molecule has 2 aromatic carbocycles. The van der Waals surface area contributed by atoms with Crippen LogP contribution in [0.5, 0.6) is 5.75 Å². The molecule has 3 rings (SSSR count). The van der Waals surface area contributed by atoms with Crippen molar-refractivity contribution >= 4 is 28.9 Å². The lowest BCUT2D eigenvalue weighted by Crippen LogP contribution is -2.25. The summed E-state index contributed by atoms with van der Waals surface area (Å²) < 4.78 is 5.36. The van der Waals surface area contributed by atoms with Gasteiger partial charge in [-0.2, -0.15) is 0 Å². The Bertz CT molecular complexity index is 875. The molecule has 6 nitrogen and oxygen atoms in total. The Balaban J connectivity index is 1.59. The zero-order valence-electron chi connectivity index (χ0n) is 16.7. The van der Waals surface area contributed by atoms with Crippen LogP contribution in [0.15, 0.2) is 36.4 Å². The van der Waals surface area contributed by atoms with Gasteiger partial charge in [0.1, 0.15) is 5.75 Å². The molecule has 0 saturated heterocycles. The first-order valence-corrected chi connectivity index (χ1v) is 9.71. The highest BCUT2D eigenvalue weighted by Gasteiger charge is 2.16. The van der Waals surface area contributed by atoms with Gasteiger partial charge in [-0.05, 0) is 68.7 Å². The molecule has 2 N–H and O–H groups in total. The third-order valence-electron chi connectivity index (χ3n) is 4.93. The average Bonchev–Trinajstić information content (AvgIpc) is 2.69. The molecule has 0 aliphatic carbocycles. The first kappa shape index (κ1) is 19.7. The number of carbonyl (C=O) groups excluding carboxylic acids is 2. The molecule has 2 aromatic rings. The Labute approximate surface area is 165 Å². The molecule has 1 aliphatic rings. The summed E-state index contributed by atoms with van der Waals surface area (Å²) in [6, 6.07) is 11.7. The number of benzene rings is 2.